The van der Waals surface area contributed by atoms with E-state index in [1.165, 1.54) is 218 Å². The molecule has 0 aliphatic heterocycles. The quantitative estimate of drug-likeness (QED) is 0.0345. The Morgan fingerprint density at radius 3 is 1.09 bits per heavy atom. The number of hydrogen-bond acceptors (Lipinski definition) is 5. The molecule has 0 saturated heterocycles. The van der Waals surface area contributed by atoms with Crippen LogP contribution in [0.1, 0.15) is 316 Å². The van der Waals surface area contributed by atoms with Crippen LogP contribution < -0.4 is 0 Å². The molecule has 0 aromatic carbocycles. The predicted octanol–water partition coefficient (Wildman–Crippen LogP) is 20.1. The van der Waals surface area contributed by atoms with Gasteiger partial charge in [-0.3, -0.25) is 9.59 Å². The summed E-state index contributed by atoms with van der Waals surface area (Å²) in [6.07, 6.45) is 70.3. The van der Waals surface area contributed by atoms with Gasteiger partial charge in [0.15, 0.2) is 6.10 Å². The first-order chi connectivity index (χ1) is 32.6. The van der Waals surface area contributed by atoms with Gasteiger partial charge in [0.25, 0.3) is 0 Å². The molecule has 0 aromatic heterocycles. The van der Waals surface area contributed by atoms with E-state index < -0.39 is 6.10 Å². The van der Waals surface area contributed by atoms with E-state index in [-0.39, 0.29) is 25.2 Å². The standard InChI is InChI=1S/C61H114O5/c1-4-7-10-13-16-19-22-25-28-30-32-35-38-41-44-47-50-53-56-64-57-59(66-61(63)55-52-49-46-43-40-37-33-27-24-21-18-15-12-9-6-3)58-65-60(62)54-51-48-45-42-39-36-34-31-29-26-23-20-17-14-11-8-5-2/h9,12,18,21,27,33,59H,4-8,10-11,13-17,19-20,22-26,28-32,34-58H2,1-3H3/b12-9-,21-18-,33-27-. The van der Waals surface area contributed by atoms with Crippen molar-refractivity contribution in [3.8, 4) is 0 Å². The third-order valence-corrected chi connectivity index (χ3v) is 13.2. The maximum Gasteiger partial charge on any atom is 0.306 e. The third kappa shape index (κ3) is 54.7. The molecule has 0 heterocycles. The second-order valence-electron chi connectivity index (χ2n) is 19.9. The summed E-state index contributed by atoms with van der Waals surface area (Å²) in [6, 6.07) is 0. The summed E-state index contributed by atoms with van der Waals surface area (Å²) in [5.74, 6) is -0.395. The highest BCUT2D eigenvalue weighted by molar-refractivity contribution is 5.70. The maximum atomic E-state index is 12.9. The summed E-state index contributed by atoms with van der Waals surface area (Å²) in [5.41, 5.74) is 0. The molecule has 0 rings (SSSR count). The Morgan fingerprint density at radius 2 is 0.682 bits per heavy atom. The van der Waals surface area contributed by atoms with Crippen molar-refractivity contribution in [2.45, 2.75) is 322 Å². The Morgan fingerprint density at radius 1 is 0.348 bits per heavy atom. The number of hydrogen-bond donors (Lipinski definition) is 0. The van der Waals surface area contributed by atoms with Crippen LogP contribution in [-0.4, -0.2) is 37.9 Å². The number of unbranched alkanes of at least 4 members (excludes halogenated alkanes) is 38. The summed E-state index contributed by atoms with van der Waals surface area (Å²) < 4.78 is 17.5. The average molecular weight is 928 g/mol. The molecule has 0 radical (unpaired) electrons. The molecule has 0 aliphatic carbocycles. The van der Waals surface area contributed by atoms with Gasteiger partial charge in [-0.05, 0) is 51.4 Å². The van der Waals surface area contributed by atoms with Gasteiger partial charge in [0.05, 0.1) is 6.61 Å². The lowest BCUT2D eigenvalue weighted by Gasteiger charge is -2.18. The van der Waals surface area contributed by atoms with E-state index in [9.17, 15) is 9.59 Å². The Labute approximate surface area is 412 Å². The molecule has 0 N–H and O–H groups in total. The molecule has 0 saturated carbocycles. The Balaban J connectivity index is 4.23. The molecule has 0 spiro atoms. The molecule has 388 valence electrons. The molecule has 66 heavy (non-hydrogen) atoms. The van der Waals surface area contributed by atoms with Gasteiger partial charge in [0.2, 0.25) is 0 Å². The second-order valence-corrected chi connectivity index (χ2v) is 19.9. The number of carbonyl (C=O) groups is 2. The van der Waals surface area contributed by atoms with E-state index in [0.29, 0.717) is 19.4 Å². The number of allylic oxidation sites excluding steroid dienone is 6. The molecular weight excluding hydrogens is 813 g/mol. The maximum absolute atomic E-state index is 12.9. The van der Waals surface area contributed by atoms with Crippen LogP contribution >= 0.6 is 0 Å². The first-order valence-electron chi connectivity index (χ1n) is 29.5. The van der Waals surface area contributed by atoms with Crippen molar-refractivity contribution < 1.29 is 23.8 Å². The lowest BCUT2D eigenvalue weighted by molar-refractivity contribution is -0.163. The molecule has 0 bridgehead atoms. The van der Waals surface area contributed by atoms with Crippen LogP contribution in [0, 0.1) is 0 Å². The third-order valence-electron chi connectivity index (χ3n) is 13.2. The van der Waals surface area contributed by atoms with Crippen molar-refractivity contribution in [1.29, 1.82) is 0 Å². The zero-order valence-electron chi connectivity index (χ0n) is 44.7. The number of rotatable bonds is 55. The molecule has 0 aromatic rings. The van der Waals surface area contributed by atoms with Crippen LogP contribution in [-0.2, 0) is 23.8 Å². The lowest BCUT2D eigenvalue weighted by atomic mass is 10.0. The summed E-state index contributed by atoms with van der Waals surface area (Å²) in [7, 11) is 0. The number of carbonyl (C=O) groups excluding carboxylic acids is 2. The smallest absolute Gasteiger partial charge is 0.306 e. The van der Waals surface area contributed by atoms with Gasteiger partial charge < -0.3 is 14.2 Å². The SMILES string of the molecule is CC/C=C\C/C=C\C/C=C\CCCCCCCC(=O)OC(COCCCCCCCCCCCCCCCCCCCC)COC(=O)CCCCCCCCCCCCCCCCCCC. The normalized spacial score (nSPS) is 12.3. The summed E-state index contributed by atoms with van der Waals surface area (Å²) >= 11 is 0. The number of esters is 2. The molecule has 0 aliphatic rings. The van der Waals surface area contributed by atoms with E-state index in [0.717, 1.165) is 64.2 Å². The van der Waals surface area contributed by atoms with Crippen molar-refractivity contribution in [2.24, 2.45) is 0 Å². The van der Waals surface area contributed by atoms with Crippen LogP contribution in [0.4, 0.5) is 0 Å². The van der Waals surface area contributed by atoms with Crippen molar-refractivity contribution in [2.75, 3.05) is 19.8 Å². The minimum atomic E-state index is -0.540. The molecule has 0 amide bonds. The highest BCUT2D eigenvalue weighted by Gasteiger charge is 2.17. The Hall–Kier alpha value is -1.88. The van der Waals surface area contributed by atoms with E-state index >= 15 is 0 Å². The van der Waals surface area contributed by atoms with E-state index in [1.54, 1.807) is 0 Å². The fourth-order valence-electron chi connectivity index (χ4n) is 8.82. The predicted molar refractivity (Wildman–Crippen MR) is 288 cm³/mol. The first-order valence-corrected chi connectivity index (χ1v) is 29.5. The van der Waals surface area contributed by atoms with Crippen LogP contribution in [0.25, 0.3) is 0 Å². The van der Waals surface area contributed by atoms with Crippen molar-refractivity contribution in [1.82, 2.24) is 0 Å². The highest BCUT2D eigenvalue weighted by atomic mass is 16.6. The largest absolute Gasteiger partial charge is 0.462 e. The second kappa shape index (κ2) is 57.4. The molecular formula is C61H114O5. The fourth-order valence-corrected chi connectivity index (χ4v) is 8.82. The van der Waals surface area contributed by atoms with Crippen molar-refractivity contribution in [3.63, 3.8) is 0 Å². The molecule has 1 unspecified atom stereocenters. The van der Waals surface area contributed by atoms with Gasteiger partial charge in [0.1, 0.15) is 6.61 Å². The van der Waals surface area contributed by atoms with E-state index in [2.05, 4.69) is 57.2 Å². The topological polar surface area (TPSA) is 61.8 Å². The Kier molecular flexibility index (Phi) is 55.8. The van der Waals surface area contributed by atoms with Gasteiger partial charge in [-0.1, -0.05) is 288 Å². The summed E-state index contributed by atoms with van der Waals surface area (Å²) in [5, 5.41) is 0. The summed E-state index contributed by atoms with van der Waals surface area (Å²) in [6.45, 7) is 7.77. The van der Waals surface area contributed by atoms with Crippen molar-refractivity contribution in [3.05, 3.63) is 36.5 Å². The highest BCUT2D eigenvalue weighted by Crippen LogP contribution is 2.17. The van der Waals surface area contributed by atoms with Gasteiger partial charge in [-0.25, -0.2) is 0 Å². The van der Waals surface area contributed by atoms with Crippen LogP contribution in [0.3, 0.4) is 0 Å². The average Bonchev–Trinajstić information content (AvgIpc) is 3.32. The van der Waals surface area contributed by atoms with Gasteiger partial charge in [-0.15, -0.1) is 0 Å². The minimum absolute atomic E-state index is 0.0852. The zero-order valence-corrected chi connectivity index (χ0v) is 44.7. The Bertz CT molecular complexity index is 1050. The molecule has 5 heteroatoms. The van der Waals surface area contributed by atoms with E-state index in [4.69, 9.17) is 14.2 Å². The van der Waals surface area contributed by atoms with Crippen LogP contribution in [0.15, 0.2) is 36.5 Å². The molecule has 1 atom stereocenters. The zero-order chi connectivity index (χ0) is 47.7. The van der Waals surface area contributed by atoms with Crippen LogP contribution in [0.5, 0.6) is 0 Å². The molecule has 0 fully saturated rings. The minimum Gasteiger partial charge on any atom is -0.462 e. The lowest BCUT2D eigenvalue weighted by Crippen LogP contribution is -2.30. The van der Waals surface area contributed by atoms with Gasteiger partial charge in [-0.2, -0.15) is 0 Å². The first kappa shape index (κ1) is 64.1. The monoisotopic (exact) mass is 927 g/mol. The van der Waals surface area contributed by atoms with Crippen molar-refractivity contribution >= 4 is 11.9 Å². The summed E-state index contributed by atoms with van der Waals surface area (Å²) in [4.78, 5) is 25.5. The van der Waals surface area contributed by atoms with Gasteiger partial charge in [0, 0.05) is 19.4 Å². The number of ether oxygens (including phenoxy) is 3. The molecule has 5 nitrogen and oxygen atoms in total. The van der Waals surface area contributed by atoms with Gasteiger partial charge >= 0.3 is 11.9 Å². The van der Waals surface area contributed by atoms with E-state index in [1.807, 2.05) is 0 Å². The fraction of sp³-hybridized carbons (Fsp3) is 0.869. The van der Waals surface area contributed by atoms with Crippen LogP contribution in [0.2, 0.25) is 0 Å².